The average molecular weight is 280 g/mol. The molecule has 0 radical (unpaired) electrons. The number of nitrogens with two attached hydrogens (primary N) is 1. The summed E-state index contributed by atoms with van der Waals surface area (Å²) in [5.41, 5.74) is 5.50. The summed E-state index contributed by atoms with van der Waals surface area (Å²) < 4.78 is 5.54. The van der Waals surface area contributed by atoms with Gasteiger partial charge in [-0.25, -0.2) is 4.98 Å². The second-order valence-corrected chi connectivity index (χ2v) is 4.52. The number of phenolic OH excluding ortho intramolecular Hbond substituents is 1. The van der Waals surface area contributed by atoms with Gasteiger partial charge in [0.05, 0.1) is 0 Å². The van der Waals surface area contributed by atoms with E-state index in [9.17, 15) is 9.90 Å². The lowest BCUT2D eigenvalue weighted by atomic mass is 10.1. The van der Waals surface area contributed by atoms with Crippen LogP contribution in [0.1, 0.15) is 10.4 Å². The SMILES string of the molecule is NC(=O)c1ccnc(Oc2cc3ccccc3cc2O)c1. The highest BCUT2D eigenvalue weighted by Crippen LogP contribution is 2.34. The molecule has 3 N–H and O–H groups in total. The van der Waals surface area contributed by atoms with E-state index in [1.165, 1.54) is 18.3 Å². The fourth-order valence-corrected chi connectivity index (χ4v) is 2.02. The zero-order valence-electron chi connectivity index (χ0n) is 11.0. The van der Waals surface area contributed by atoms with E-state index in [0.29, 0.717) is 5.56 Å². The summed E-state index contributed by atoms with van der Waals surface area (Å²) in [4.78, 5) is 15.1. The lowest BCUT2D eigenvalue weighted by Crippen LogP contribution is -2.10. The quantitative estimate of drug-likeness (QED) is 0.772. The van der Waals surface area contributed by atoms with Crippen LogP contribution in [0.25, 0.3) is 10.8 Å². The van der Waals surface area contributed by atoms with E-state index in [4.69, 9.17) is 10.5 Å². The third-order valence-corrected chi connectivity index (χ3v) is 3.06. The van der Waals surface area contributed by atoms with E-state index in [1.807, 2.05) is 24.3 Å². The van der Waals surface area contributed by atoms with Crippen LogP contribution in [-0.2, 0) is 0 Å². The van der Waals surface area contributed by atoms with Crippen molar-refractivity contribution in [2.24, 2.45) is 5.73 Å². The molecular weight excluding hydrogens is 268 g/mol. The Morgan fingerprint density at radius 2 is 1.81 bits per heavy atom. The number of benzene rings is 2. The maximum absolute atomic E-state index is 11.1. The maximum atomic E-state index is 11.1. The number of amides is 1. The summed E-state index contributed by atoms with van der Waals surface area (Å²) in [5.74, 6) is -0.107. The Morgan fingerprint density at radius 3 is 2.52 bits per heavy atom. The van der Waals surface area contributed by atoms with Crippen molar-refractivity contribution in [3.05, 3.63) is 60.3 Å². The predicted molar refractivity (Wildman–Crippen MR) is 78.4 cm³/mol. The molecule has 5 heteroatoms. The number of carbonyl (C=O) groups excluding carboxylic acids is 1. The normalized spacial score (nSPS) is 10.5. The van der Waals surface area contributed by atoms with Gasteiger partial charge in [-0.15, -0.1) is 0 Å². The monoisotopic (exact) mass is 280 g/mol. The first-order valence-corrected chi connectivity index (χ1v) is 6.29. The number of rotatable bonds is 3. The van der Waals surface area contributed by atoms with E-state index < -0.39 is 5.91 Å². The third-order valence-electron chi connectivity index (χ3n) is 3.06. The number of hydrogen-bond acceptors (Lipinski definition) is 4. The highest BCUT2D eigenvalue weighted by atomic mass is 16.5. The van der Waals surface area contributed by atoms with Gasteiger partial charge in [0.2, 0.25) is 11.8 Å². The minimum absolute atomic E-state index is 0.0000203. The summed E-state index contributed by atoms with van der Waals surface area (Å²) >= 11 is 0. The Balaban J connectivity index is 1.99. The van der Waals surface area contributed by atoms with Crippen LogP contribution in [0, 0.1) is 0 Å². The van der Waals surface area contributed by atoms with Crippen LogP contribution in [0.4, 0.5) is 0 Å². The molecule has 0 aliphatic carbocycles. The Kier molecular flexibility index (Phi) is 3.16. The molecule has 0 fully saturated rings. The van der Waals surface area contributed by atoms with Gasteiger partial charge in [0.25, 0.3) is 0 Å². The maximum Gasteiger partial charge on any atom is 0.248 e. The molecule has 0 saturated carbocycles. The van der Waals surface area contributed by atoms with E-state index in [1.54, 1.807) is 12.1 Å². The zero-order chi connectivity index (χ0) is 14.8. The van der Waals surface area contributed by atoms with Gasteiger partial charge in [-0.1, -0.05) is 24.3 Å². The Morgan fingerprint density at radius 1 is 1.10 bits per heavy atom. The largest absolute Gasteiger partial charge is 0.504 e. The van der Waals surface area contributed by atoms with E-state index in [-0.39, 0.29) is 17.4 Å². The van der Waals surface area contributed by atoms with E-state index in [0.717, 1.165) is 10.8 Å². The van der Waals surface area contributed by atoms with Crippen LogP contribution in [0.15, 0.2) is 54.7 Å². The predicted octanol–water partition coefficient (Wildman–Crippen LogP) is 2.83. The number of primary amides is 1. The highest BCUT2D eigenvalue weighted by molar-refractivity contribution is 5.93. The number of hydrogen-bond donors (Lipinski definition) is 2. The third kappa shape index (κ3) is 2.62. The number of pyridine rings is 1. The standard InChI is InChI=1S/C16H12N2O3/c17-16(20)12-5-6-18-15(9-12)21-14-8-11-4-2-1-3-10(11)7-13(14)19/h1-9,19H,(H2,17,20). The van der Waals surface area contributed by atoms with Crippen molar-refractivity contribution in [1.82, 2.24) is 4.98 Å². The summed E-state index contributed by atoms with van der Waals surface area (Å²) in [5, 5.41) is 11.8. The molecule has 1 heterocycles. The summed E-state index contributed by atoms with van der Waals surface area (Å²) in [7, 11) is 0. The smallest absolute Gasteiger partial charge is 0.248 e. The molecule has 5 nitrogen and oxygen atoms in total. The molecule has 0 atom stereocenters. The van der Waals surface area contributed by atoms with Crippen molar-refractivity contribution < 1.29 is 14.6 Å². The molecule has 0 aliphatic heterocycles. The Labute approximate surface area is 120 Å². The molecular formula is C16H12N2O3. The van der Waals surface area contributed by atoms with Crippen LogP contribution in [0.3, 0.4) is 0 Å². The van der Waals surface area contributed by atoms with Crippen molar-refractivity contribution in [1.29, 1.82) is 0 Å². The summed E-state index contributed by atoms with van der Waals surface area (Å²) in [6, 6.07) is 13.8. The molecule has 3 rings (SSSR count). The first-order valence-electron chi connectivity index (χ1n) is 6.29. The van der Waals surface area contributed by atoms with Gasteiger partial charge in [-0.2, -0.15) is 0 Å². The number of aromatic nitrogens is 1. The fraction of sp³-hybridized carbons (Fsp3) is 0. The van der Waals surface area contributed by atoms with Gasteiger partial charge in [0, 0.05) is 17.8 Å². The number of phenols is 1. The number of fused-ring (bicyclic) bond motifs is 1. The lowest BCUT2D eigenvalue weighted by molar-refractivity contribution is 0.1000. The van der Waals surface area contributed by atoms with Gasteiger partial charge in [-0.3, -0.25) is 4.79 Å². The van der Waals surface area contributed by atoms with Crippen molar-refractivity contribution in [3.63, 3.8) is 0 Å². The lowest BCUT2D eigenvalue weighted by Gasteiger charge is -2.09. The van der Waals surface area contributed by atoms with E-state index >= 15 is 0 Å². The number of nitrogens with zero attached hydrogens (tertiary/aromatic N) is 1. The van der Waals surface area contributed by atoms with Crippen LogP contribution < -0.4 is 10.5 Å². The molecule has 21 heavy (non-hydrogen) atoms. The summed E-state index contributed by atoms with van der Waals surface area (Å²) in [6.07, 6.45) is 1.42. The minimum atomic E-state index is -0.565. The molecule has 0 spiro atoms. The van der Waals surface area contributed by atoms with Gasteiger partial charge < -0.3 is 15.6 Å². The van der Waals surface area contributed by atoms with Crippen LogP contribution in [-0.4, -0.2) is 16.0 Å². The van der Waals surface area contributed by atoms with Crippen LogP contribution in [0.2, 0.25) is 0 Å². The van der Waals surface area contributed by atoms with Gasteiger partial charge >= 0.3 is 0 Å². The van der Waals surface area contributed by atoms with Crippen molar-refractivity contribution >= 4 is 16.7 Å². The molecule has 0 bridgehead atoms. The molecule has 1 aromatic heterocycles. The van der Waals surface area contributed by atoms with Crippen LogP contribution in [0.5, 0.6) is 17.4 Å². The Hall–Kier alpha value is -3.08. The second-order valence-electron chi connectivity index (χ2n) is 4.52. The number of aromatic hydroxyl groups is 1. The zero-order valence-corrected chi connectivity index (χ0v) is 11.0. The average Bonchev–Trinajstić information content (AvgIpc) is 2.48. The summed E-state index contributed by atoms with van der Waals surface area (Å²) in [6.45, 7) is 0. The molecule has 3 aromatic rings. The number of carbonyl (C=O) groups is 1. The first-order chi connectivity index (χ1) is 10.1. The number of ether oxygens (including phenoxy) is 1. The van der Waals surface area contributed by atoms with Crippen molar-refractivity contribution in [2.75, 3.05) is 0 Å². The molecule has 0 saturated heterocycles. The van der Waals surface area contributed by atoms with Crippen molar-refractivity contribution in [3.8, 4) is 17.4 Å². The van der Waals surface area contributed by atoms with E-state index in [2.05, 4.69) is 4.98 Å². The highest BCUT2D eigenvalue weighted by Gasteiger charge is 2.09. The first kappa shape index (κ1) is 12.9. The topological polar surface area (TPSA) is 85.4 Å². The second kappa shape index (κ2) is 5.13. The van der Waals surface area contributed by atoms with Crippen molar-refractivity contribution in [2.45, 2.75) is 0 Å². The molecule has 0 unspecified atom stereocenters. The molecule has 1 amide bonds. The van der Waals surface area contributed by atoms with Gasteiger partial charge in [-0.05, 0) is 29.0 Å². The van der Waals surface area contributed by atoms with Gasteiger partial charge in [0.1, 0.15) is 0 Å². The minimum Gasteiger partial charge on any atom is -0.504 e. The molecule has 104 valence electrons. The Bertz CT molecular complexity index is 831. The fourth-order valence-electron chi connectivity index (χ4n) is 2.02. The van der Waals surface area contributed by atoms with Gasteiger partial charge in [0.15, 0.2) is 11.5 Å². The van der Waals surface area contributed by atoms with Crippen LogP contribution >= 0.6 is 0 Å². The molecule has 2 aromatic carbocycles. The molecule has 0 aliphatic rings.